The number of nitrogens with one attached hydrogen (secondary N) is 1. The zero-order valence-corrected chi connectivity index (χ0v) is 11.6. The molecule has 0 spiro atoms. The second-order valence-electron chi connectivity index (χ2n) is 5.08. The van der Waals surface area contributed by atoms with Crippen LogP contribution in [0.4, 0.5) is 0 Å². The molecule has 18 heavy (non-hydrogen) atoms. The molecule has 2 nitrogen and oxygen atoms in total. The minimum atomic E-state index is 0.339. The third-order valence-corrected chi connectivity index (χ3v) is 3.61. The normalized spacial score (nSPS) is 22.8. The summed E-state index contributed by atoms with van der Waals surface area (Å²) in [5.41, 5.74) is 2.93. The first-order valence-corrected chi connectivity index (χ1v) is 7.29. The van der Waals surface area contributed by atoms with Crippen LogP contribution in [0.2, 0.25) is 0 Å². The Morgan fingerprint density at radius 3 is 2.83 bits per heavy atom. The van der Waals surface area contributed by atoms with Crippen LogP contribution in [-0.4, -0.2) is 19.3 Å². The van der Waals surface area contributed by atoms with Crippen LogP contribution in [0.1, 0.15) is 50.3 Å². The highest BCUT2D eigenvalue weighted by atomic mass is 16.5. The molecule has 1 aliphatic rings. The van der Waals surface area contributed by atoms with Crippen molar-refractivity contribution in [1.82, 2.24) is 5.32 Å². The number of hydrogen-bond acceptors (Lipinski definition) is 2. The Morgan fingerprint density at radius 2 is 2.06 bits per heavy atom. The highest BCUT2D eigenvalue weighted by Gasteiger charge is 2.29. The molecule has 1 aliphatic carbocycles. The van der Waals surface area contributed by atoms with Crippen LogP contribution >= 0.6 is 0 Å². The standard InChI is InChI=1S/C16H25NO/c1-3-11-17-16-14-8-6-5-7-13(14)9-10-15(16)18-12-4-2/h5-8,15-17H,3-4,9-12H2,1-2H3. The van der Waals surface area contributed by atoms with Crippen LogP contribution in [-0.2, 0) is 11.2 Å². The number of benzene rings is 1. The molecule has 0 amide bonds. The lowest BCUT2D eigenvalue weighted by atomic mass is 9.85. The highest BCUT2D eigenvalue weighted by Crippen LogP contribution is 2.31. The summed E-state index contributed by atoms with van der Waals surface area (Å²) in [5, 5.41) is 3.66. The molecule has 0 saturated heterocycles. The zero-order chi connectivity index (χ0) is 12.8. The van der Waals surface area contributed by atoms with Crippen molar-refractivity contribution in [3.05, 3.63) is 35.4 Å². The van der Waals surface area contributed by atoms with Crippen molar-refractivity contribution in [2.75, 3.05) is 13.2 Å². The maximum absolute atomic E-state index is 6.04. The average molecular weight is 247 g/mol. The Kier molecular flexibility index (Phi) is 5.21. The van der Waals surface area contributed by atoms with E-state index in [2.05, 4.69) is 43.4 Å². The quantitative estimate of drug-likeness (QED) is 0.831. The van der Waals surface area contributed by atoms with Crippen molar-refractivity contribution in [3.63, 3.8) is 0 Å². The van der Waals surface area contributed by atoms with Crippen LogP contribution < -0.4 is 5.32 Å². The lowest BCUT2D eigenvalue weighted by Gasteiger charge is -2.34. The molecule has 100 valence electrons. The summed E-state index contributed by atoms with van der Waals surface area (Å²) in [6.45, 7) is 6.32. The lowest BCUT2D eigenvalue weighted by Crippen LogP contribution is -2.38. The molecule has 2 heteroatoms. The van der Waals surface area contributed by atoms with Gasteiger partial charge in [0.25, 0.3) is 0 Å². The van der Waals surface area contributed by atoms with Crippen LogP contribution in [0.3, 0.4) is 0 Å². The smallest absolute Gasteiger partial charge is 0.0773 e. The van der Waals surface area contributed by atoms with E-state index in [4.69, 9.17) is 4.74 Å². The Hall–Kier alpha value is -0.860. The van der Waals surface area contributed by atoms with Gasteiger partial charge in [0.2, 0.25) is 0 Å². The molecular formula is C16H25NO. The van der Waals surface area contributed by atoms with Crippen molar-refractivity contribution in [2.45, 2.75) is 51.7 Å². The van der Waals surface area contributed by atoms with E-state index in [9.17, 15) is 0 Å². The number of aryl methyl sites for hydroxylation is 1. The number of ether oxygens (including phenoxy) is 1. The first kappa shape index (κ1) is 13.6. The third-order valence-electron chi connectivity index (χ3n) is 3.61. The van der Waals surface area contributed by atoms with Gasteiger partial charge in [-0.25, -0.2) is 0 Å². The van der Waals surface area contributed by atoms with Crippen LogP contribution in [0.25, 0.3) is 0 Å². The van der Waals surface area contributed by atoms with E-state index in [1.165, 1.54) is 17.5 Å². The van der Waals surface area contributed by atoms with Gasteiger partial charge in [0, 0.05) is 6.61 Å². The molecule has 0 aliphatic heterocycles. The van der Waals surface area contributed by atoms with Gasteiger partial charge in [-0.1, -0.05) is 38.1 Å². The Balaban J connectivity index is 2.13. The first-order chi connectivity index (χ1) is 8.86. The average Bonchev–Trinajstić information content (AvgIpc) is 2.43. The summed E-state index contributed by atoms with van der Waals surface area (Å²) in [6, 6.07) is 9.17. The molecule has 0 heterocycles. The van der Waals surface area contributed by atoms with Gasteiger partial charge in [0.05, 0.1) is 12.1 Å². The SMILES string of the molecule is CCCNC1c2ccccc2CCC1OCCC. The fourth-order valence-corrected chi connectivity index (χ4v) is 2.72. The fraction of sp³-hybridized carbons (Fsp3) is 0.625. The van der Waals surface area contributed by atoms with Gasteiger partial charge in [-0.2, -0.15) is 0 Å². The Morgan fingerprint density at radius 1 is 1.22 bits per heavy atom. The molecule has 1 N–H and O–H groups in total. The van der Waals surface area contributed by atoms with E-state index in [1.807, 2.05) is 0 Å². The van der Waals surface area contributed by atoms with E-state index < -0.39 is 0 Å². The van der Waals surface area contributed by atoms with Gasteiger partial charge in [-0.05, 0) is 43.4 Å². The molecule has 0 saturated carbocycles. The van der Waals surface area contributed by atoms with E-state index in [1.54, 1.807) is 0 Å². The van der Waals surface area contributed by atoms with Crippen molar-refractivity contribution in [1.29, 1.82) is 0 Å². The Labute approximate surface area is 111 Å². The Bertz CT molecular complexity index is 364. The number of fused-ring (bicyclic) bond motifs is 1. The third kappa shape index (κ3) is 3.12. The minimum Gasteiger partial charge on any atom is -0.376 e. The second-order valence-corrected chi connectivity index (χ2v) is 5.08. The van der Waals surface area contributed by atoms with E-state index in [-0.39, 0.29) is 0 Å². The topological polar surface area (TPSA) is 21.3 Å². The van der Waals surface area contributed by atoms with E-state index in [0.717, 1.165) is 32.4 Å². The lowest BCUT2D eigenvalue weighted by molar-refractivity contribution is 0.0160. The molecule has 2 unspecified atom stereocenters. The molecule has 0 aromatic heterocycles. The van der Waals surface area contributed by atoms with Crippen LogP contribution in [0, 0.1) is 0 Å². The molecule has 1 aromatic carbocycles. The van der Waals surface area contributed by atoms with Gasteiger partial charge < -0.3 is 10.1 Å². The summed E-state index contributed by atoms with van der Waals surface area (Å²) in [6.07, 6.45) is 4.89. The summed E-state index contributed by atoms with van der Waals surface area (Å²) >= 11 is 0. The summed E-state index contributed by atoms with van der Waals surface area (Å²) in [7, 11) is 0. The molecule has 2 rings (SSSR count). The van der Waals surface area contributed by atoms with Gasteiger partial charge in [0.1, 0.15) is 0 Å². The number of hydrogen-bond donors (Lipinski definition) is 1. The maximum Gasteiger partial charge on any atom is 0.0773 e. The predicted octanol–water partition coefficient (Wildman–Crippen LogP) is 3.47. The van der Waals surface area contributed by atoms with Crippen molar-refractivity contribution >= 4 is 0 Å². The van der Waals surface area contributed by atoms with Gasteiger partial charge >= 0.3 is 0 Å². The van der Waals surface area contributed by atoms with Crippen LogP contribution in [0.15, 0.2) is 24.3 Å². The monoisotopic (exact) mass is 247 g/mol. The molecular weight excluding hydrogens is 222 g/mol. The van der Waals surface area contributed by atoms with Gasteiger partial charge in [-0.15, -0.1) is 0 Å². The highest BCUT2D eigenvalue weighted by molar-refractivity contribution is 5.33. The largest absolute Gasteiger partial charge is 0.376 e. The first-order valence-electron chi connectivity index (χ1n) is 7.29. The molecule has 0 bridgehead atoms. The molecule has 0 radical (unpaired) electrons. The molecule has 2 atom stereocenters. The predicted molar refractivity (Wildman–Crippen MR) is 75.8 cm³/mol. The summed E-state index contributed by atoms with van der Waals surface area (Å²) in [5.74, 6) is 0. The van der Waals surface area contributed by atoms with Crippen molar-refractivity contribution < 1.29 is 4.74 Å². The molecule has 1 aromatic rings. The van der Waals surface area contributed by atoms with E-state index in [0.29, 0.717) is 12.1 Å². The minimum absolute atomic E-state index is 0.339. The van der Waals surface area contributed by atoms with Gasteiger partial charge in [-0.3, -0.25) is 0 Å². The molecule has 0 fully saturated rings. The zero-order valence-electron chi connectivity index (χ0n) is 11.6. The van der Waals surface area contributed by atoms with Crippen molar-refractivity contribution in [2.24, 2.45) is 0 Å². The maximum atomic E-state index is 6.04. The summed E-state index contributed by atoms with van der Waals surface area (Å²) in [4.78, 5) is 0. The second kappa shape index (κ2) is 6.91. The summed E-state index contributed by atoms with van der Waals surface area (Å²) < 4.78 is 6.04. The number of rotatable bonds is 6. The fourth-order valence-electron chi connectivity index (χ4n) is 2.72. The van der Waals surface area contributed by atoms with E-state index >= 15 is 0 Å². The van der Waals surface area contributed by atoms with Gasteiger partial charge in [0.15, 0.2) is 0 Å². The van der Waals surface area contributed by atoms with Crippen LogP contribution in [0.5, 0.6) is 0 Å². The van der Waals surface area contributed by atoms with Crippen molar-refractivity contribution in [3.8, 4) is 0 Å².